The number of sulfonamides is 1. The molecule has 1 fully saturated rings. The van der Waals surface area contributed by atoms with Gasteiger partial charge in [-0.1, -0.05) is 13.8 Å². The molecule has 8 nitrogen and oxygen atoms in total. The fourth-order valence-corrected chi connectivity index (χ4v) is 4.56. The highest BCUT2D eigenvalue weighted by Crippen LogP contribution is 2.37. The lowest BCUT2D eigenvalue weighted by atomic mass is 9.78. The molecule has 2 aliphatic rings. The molecule has 3 rings (SSSR count). The summed E-state index contributed by atoms with van der Waals surface area (Å²) >= 11 is 0. The van der Waals surface area contributed by atoms with Crippen molar-refractivity contribution in [2.75, 3.05) is 32.1 Å². The molecule has 1 amide bonds. The largest absolute Gasteiger partial charge is 0.495 e. The van der Waals surface area contributed by atoms with E-state index >= 15 is 0 Å². The molecule has 0 radical (unpaired) electrons. The van der Waals surface area contributed by atoms with Crippen molar-refractivity contribution < 1.29 is 22.7 Å². The van der Waals surface area contributed by atoms with Crippen LogP contribution in [-0.2, 0) is 14.8 Å². The monoisotopic (exact) mass is 383 g/mol. The number of fused-ring (bicyclic) bond motifs is 1. The summed E-state index contributed by atoms with van der Waals surface area (Å²) in [7, 11) is -2.42. The second kappa shape index (κ2) is 7.05. The highest BCUT2D eigenvalue weighted by atomic mass is 32.2. The third kappa shape index (κ3) is 3.79. The zero-order valence-corrected chi connectivity index (χ0v) is 16.0. The van der Waals surface area contributed by atoms with E-state index in [0.29, 0.717) is 11.4 Å². The van der Waals surface area contributed by atoms with Gasteiger partial charge in [0.15, 0.2) is 6.61 Å². The van der Waals surface area contributed by atoms with E-state index in [1.165, 1.54) is 19.2 Å². The van der Waals surface area contributed by atoms with Gasteiger partial charge in [0, 0.05) is 24.7 Å². The molecule has 26 heavy (non-hydrogen) atoms. The number of anilines is 1. The lowest BCUT2D eigenvalue weighted by Crippen LogP contribution is -2.52. The van der Waals surface area contributed by atoms with Gasteiger partial charge < -0.3 is 20.1 Å². The molecule has 1 aromatic rings. The minimum Gasteiger partial charge on any atom is -0.495 e. The Bertz CT molecular complexity index is 807. The van der Waals surface area contributed by atoms with Crippen LogP contribution in [0.1, 0.15) is 26.7 Å². The quantitative estimate of drug-likeness (QED) is 0.703. The van der Waals surface area contributed by atoms with E-state index in [9.17, 15) is 13.2 Å². The maximum atomic E-state index is 12.9. The fourth-order valence-electron chi connectivity index (χ4n) is 3.35. The SMILES string of the molecule is COc1cc2c(cc1S(=O)(=O)NCC1NCCCC1(C)C)OCC(=O)N2. The molecule has 2 heterocycles. The van der Waals surface area contributed by atoms with Gasteiger partial charge in [-0.3, -0.25) is 4.79 Å². The Morgan fingerprint density at radius 1 is 1.38 bits per heavy atom. The summed E-state index contributed by atoms with van der Waals surface area (Å²) in [4.78, 5) is 11.4. The number of benzene rings is 1. The van der Waals surface area contributed by atoms with Gasteiger partial charge in [0.25, 0.3) is 5.91 Å². The molecule has 0 saturated carbocycles. The maximum absolute atomic E-state index is 12.9. The van der Waals surface area contributed by atoms with Crippen molar-refractivity contribution in [2.45, 2.75) is 37.6 Å². The van der Waals surface area contributed by atoms with Crippen LogP contribution in [0, 0.1) is 5.41 Å². The van der Waals surface area contributed by atoms with Gasteiger partial charge in [-0.15, -0.1) is 0 Å². The van der Waals surface area contributed by atoms with Crippen LogP contribution < -0.4 is 24.8 Å². The van der Waals surface area contributed by atoms with Gasteiger partial charge in [-0.05, 0) is 24.8 Å². The lowest BCUT2D eigenvalue weighted by molar-refractivity contribution is -0.118. The third-order valence-electron chi connectivity index (χ3n) is 5.00. The van der Waals surface area contributed by atoms with Crippen LogP contribution in [0.2, 0.25) is 0 Å². The van der Waals surface area contributed by atoms with E-state index in [4.69, 9.17) is 9.47 Å². The van der Waals surface area contributed by atoms with Gasteiger partial charge in [0.05, 0.1) is 12.8 Å². The summed E-state index contributed by atoms with van der Waals surface area (Å²) in [5, 5.41) is 6.02. The standard InChI is InChI=1S/C17H25N3O5S/c1-17(2)5-4-6-18-15(17)9-19-26(22,23)14-8-12-11(7-13(14)24-3)20-16(21)10-25-12/h7-8,15,18-19H,4-6,9-10H2,1-3H3,(H,20,21). The first-order valence-corrected chi connectivity index (χ1v) is 10.1. The smallest absolute Gasteiger partial charge is 0.262 e. The molecule has 144 valence electrons. The molecule has 1 aromatic carbocycles. The molecule has 0 aliphatic carbocycles. The molecule has 0 bridgehead atoms. The van der Waals surface area contributed by atoms with Crippen molar-refractivity contribution in [2.24, 2.45) is 5.41 Å². The van der Waals surface area contributed by atoms with E-state index in [1.807, 2.05) is 0 Å². The van der Waals surface area contributed by atoms with Crippen LogP contribution in [0.15, 0.2) is 17.0 Å². The van der Waals surface area contributed by atoms with Crippen molar-refractivity contribution in [1.29, 1.82) is 0 Å². The highest BCUT2D eigenvalue weighted by molar-refractivity contribution is 7.89. The summed E-state index contributed by atoms with van der Waals surface area (Å²) in [6.45, 7) is 5.29. The van der Waals surface area contributed by atoms with Crippen molar-refractivity contribution in [1.82, 2.24) is 10.0 Å². The Kier molecular flexibility index (Phi) is 5.14. The number of hydrogen-bond acceptors (Lipinski definition) is 6. The third-order valence-corrected chi connectivity index (χ3v) is 6.44. The van der Waals surface area contributed by atoms with E-state index in [1.54, 1.807) is 0 Å². The molecule has 3 N–H and O–H groups in total. The number of methoxy groups -OCH3 is 1. The molecule has 0 spiro atoms. The molecule has 1 atom stereocenters. The first-order chi connectivity index (χ1) is 12.2. The first kappa shape index (κ1) is 18.9. The Balaban J connectivity index is 1.83. The van der Waals surface area contributed by atoms with Crippen molar-refractivity contribution in [3.05, 3.63) is 12.1 Å². The van der Waals surface area contributed by atoms with Crippen LogP contribution in [0.25, 0.3) is 0 Å². The summed E-state index contributed by atoms with van der Waals surface area (Å²) < 4.78 is 38.9. The molecule has 9 heteroatoms. The summed E-state index contributed by atoms with van der Waals surface area (Å²) in [5.74, 6) is 0.165. The van der Waals surface area contributed by atoms with Gasteiger partial charge >= 0.3 is 0 Å². The van der Waals surface area contributed by atoms with Crippen LogP contribution >= 0.6 is 0 Å². The van der Waals surface area contributed by atoms with Gasteiger partial charge in [0.2, 0.25) is 10.0 Å². The molecular formula is C17H25N3O5S. The lowest BCUT2D eigenvalue weighted by Gasteiger charge is -2.39. The van der Waals surface area contributed by atoms with Crippen LogP contribution in [0.3, 0.4) is 0 Å². The average Bonchev–Trinajstić information content (AvgIpc) is 2.59. The number of piperidine rings is 1. The van der Waals surface area contributed by atoms with Crippen molar-refractivity contribution >= 4 is 21.6 Å². The Morgan fingerprint density at radius 3 is 2.85 bits per heavy atom. The maximum Gasteiger partial charge on any atom is 0.262 e. The normalized spacial score (nSPS) is 22.1. The molecule has 1 saturated heterocycles. The number of hydrogen-bond donors (Lipinski definition) is 3. The second-order valence-corrected chi connectivity index (χ2v) is 9.02. The van der Waals surface area contributed by atoms with Crippen LogP contribution in [0.4, 0.5) is 5.69 Å². The zero-order chi connectivity index (χ0) is 18.9. The number of amides is 1. The van der Waals surface area contributed by atoms with Crippen LogP contribution in [-0.4, -0.2) is 47.2 Å². The molecule has 1 unspecified atom stereocenters. The number of carbonyl (C=O) groups is 1. The average molecular weight is 383 g/mol. The first-order valence-electron chi connectivity index (χ1n) is 8.61. The van der Waals surface area contributed by atoms with Gasteiger partial charge in [-0.25, -0.2) is 13.1 Å². The van der Waals surface area contributed by atoms with Crippen molar-refractivity contribution in [3.8, 4) is 11.5 Å². The minimum atomic E-state index is -3.81. The van der Waals surface area contributed by atoms with E-state index in [-0.39, 0.29) is 41.2 Å². The van der Waals surface area contributed by atoms with E-state index < -0.39 is 10.0 Å². The number of rotatable bonds is 5. The predicted octanol–water partition coefficient (Wildman–Crippen LogP) is 1.08. The molecular weight excluding hydrogens is 358 g/mol. The Hall–Kier alpha value is -1.84. The molecule has 0 aromatic heterocycles. The summed E-state index contributed by atoms with van der Waals surface area (Å²) in [6, 6.07) is 2.89. The Morgan fingerprint density at radius 2 is 2.15 bits per heavy atom. The molecule has 2 aliphatic heterocycles. The van der Waals surface area contributed by atoms with E-state index in [0.717, 1.165) is 19.4 Å². The zero-order valence-electron chi connectivity index (χ0n) is 15.2. The fraction of sp³-hybridized carbons (Fsp3) is 0.588. The second-order valence-electron chi connectivity index (χ2n) is 7.29. The minimum absolute atomic E-state index is 0.00804. The topological polar surface area (TPSA) is 106 Å². The summed E-state index contributed by atoms with van der Waals surface area (Å²) in [6.07, 6.45) is 2.13. The predicted molar refractivity (Wildman–Crippen MR) is 97.1 cm³/mol. The van der Waals surface area contributed by atoms with E-state index in [2.05, 4.69) is 29.2 Å². The van der Waals surface area contributed by atoms with Gasteiger partial charge in [-0.2, -0.15) is 0 Å². The number of carbonyl (C=O) groups excluding carboxylic acids is 1. The number of ether oxygens (including phenoxy) is 2. The number of nitrogens with one attached hydrogen (secondary N) is 3. The summed E-state index contributed by atoms with van der Waals surface area (Å²) in [5.41, 5.74) is 0.404. The highest BCUT2D eigenvalue weighted by Gasteiger charge is 2.33. The van der Waals surface area contributed by atoms with Crippen molar-refractivity contribution in [3.63, 3.8) is 0 Å². The Labute approximate surface area is 153 Å². The van der Waals surface area contributed by atoms with Gasteiger partial charge in [0.1, 0.15) is 16.4 Å². The van der Waals surface area contributed by atoms with Crippen LogP contribution in [0.5, 0.6) is 11.5 Å².